The van der Waals surface area contributed by atoms with Crippen molar-refractivity contribution in [3.8, 4) is 5.75 Å². The molecule has 1 aliphatic heterocycles. The monoisotopic (exact) mass is 192 g/mol. The van der Waals surface area contributed by atoms with E-state index in [0.29, 0.717) is 6.61 Å². The Bertz CT molecular complexity index is 320. The minimum Gasteiger partial charge on any atom is -0.490 e. The Kier molecular flexibility index (Phi) is 2.60. The van der Waals surface area contributed by atoms with Crippen LogP contribution in [0.25, 0.3) is 0 Å². The maximum atomic E-state index is 5.45. The molecular formula is C11H12OS. The molecule has 0 atom stereocenters. The molecule has 0 saturated carbocycles. The second-order valence-electron chi connectivity index (χ2n) is 3.02. The first-order chi connectivity index (χ1) is 6.40. The third-order valence-electron chi connectivity index (χ3n) is 2.06. The predicted molar refractivity (Wildman–Crippen MR) is 57.1 cm³/mol. The van der Waals surface area contributed by atoms with Crippen molar-refractivity contribution in [1.82, 2.24) is 0 Å². The van der Waals surface area contributed by atoms with Crippen molar-refractivity contribution in [3.05, 3.63) is 42.0 Å². The lowest BCUT2D eigenvalue weighted by atomic mass is 10.1. The molecule has 2 heteroatoms. The summed E-state index contributed by atoms with van der Waals surface area (Å²) in [5.41, 5.74) is 2.88. The lowest BCUT2D eigenvalue weighted by Crippen LogP contribution is -1.93. The smallest absolute Gasteiger partial charge is 0.120 e. The Morgan fingerprint density at radius 3 is 3.08 bits per heavy atom. The molecule has 0 bridgehead atoms. The van der Waals surface area contributed by atoms with Gasteiger partial charge in [0.05, 0.1) is 0 Å². The van der Waals surface area contributed by atoms with Gasteiger partial charge < -0.3 is 4.74 Å². The van der Waals surface area contributed by atoms with Crippen molar-refractivity contribution in [2.24, 2.45) is 0 Å². The maximum Gasteiger partial charge on any atom is 0.120 e. The van der Waals surface area contributed by atoms with E-state index in [-0.39, 0.29) is 0 Å². The van der Waals surface area contributed by atoms with E-state index in [1.54, 1.807) is 6.08 Å². The second kappa shape index (κ2) is 3.88. The number of hydrogen-bond donors (Lipinski definition) is 0. The fraction of sp³-hybridized carbons (Fsp3) is 0.273. The summed E-state index contributed by atoms with van der Waals surface area (Å²) in [6.45, 7) is 4.21. The first kappa shape index (κ1) is 8.70. The van der Waals surface area contributed by atoms with Crippen LogP contribution in [0.3, 0.4) is 0 Å². The van der Waals surface area contributed by atoms with Crippen LogP contribution in [-0.2, 0) is 11.5 Å². The third-order valence-corrected chi connectivity index (χ3v) is 3.09. The number of ether oxygens (including phenoxy) is 1. The zero-order valence-electron chi connectivity index (χ0n) is 7.45. The number of rotatable bonds is 3. The highest BCUT2D eigenvalue weighted by molar-refractivity contribution is 7.98. The summed E-state index contributed by atoms with van der Waals surface area (Å²) in [4.78, 5) is 0. The van der Waals surface area contributed by atoms with Gasteiger partial charge in [0.25, 0.3) is 0 Å². The standard InChI is InChI=1S/C11H12OS/c1-2-5-12-11-4-3-9-7-13-8-10(9)6-11/h2-4,6H,1,5,7-8H2. The van der Waals surface area contributed by atoms with E-state index in [1.807, 2.05) is 17.8 Å². The zero-order chi connectivity index (χ0) is 9.10. The Hall–Kier alpha value is -0.890. The van der Waals surface area contributed by atoms with E-state index in [0.717, 1.165) is 17.3 Å². The molecule has 0 fully saturated rings. The van der Waals surface area contributed by atoms with E-state index in [2.05, 4.69) is 18.7 Å². The molecular weight excluding hydrogens is 180 g/mol. The van der Waals surface area contributed by atoms with Crippen molar-refractivity contribution in [2.45, 2.75) is 11.5 Å². The summed E-state index contributed by atoms with van der Waals surface area (Å²) in [6.07, 6.45) is 1.77. The van der Waals surface area contributed by atoms with Gasteiger partial charge in [-0.1, -0.05) is 18.7 Å². The van der Waals surface area contributed by atoms with Crippen LogP contribution < -0.4 is 4.74 Å². The molecule has 0 saturated heterocycles. The summed E-state index contributed by atoms with van der Waals surface area (Å²) in [5, 5.41) is 0. The number of hydrogen-bond acceptors (Lipinski definition) is 2. The van der Waals surface area contributed by atoms with Crippen molar-refractivity contribution in [3.63, 3.8) is 0 Å². The summed E-state index contributed by atoms with van der Waals surface area (Å²) in [7, 11) is 0. The molecule has 0 radical (unpaired) electrons. The van der Waals surface area contributed by atoms with Gasteiger partial charge in [-0.15, -0.1) is 0 Å². The Morgan fingerprint density at radius 2 is 2.23 bits per heavy atom. The molecule has 1 aromatic carbocycles. The van der Waals surface area contributed by atoms with E-state index >= 15 is 0 Å². The van der Waals surface area contributed by atoms with E-state index in [4.69, 9.17) is 4.74 Å². The van der Waals surface area contributed by atoms with E-state index < -0.39 is 0 Å². The van der Waals surface area contributed by atoms with Crippen LogP contribution >= 0.6 is 11.8 Å². The Labute approximate surface area is 82.8 Å². The molecule has 0 spiro atoms. The van der Waals surface area contributed by atoms with Gasteiger partial charge in [0.2, 0.25) is 0 Å². The normalized spacial score (nSPS) is 13.8. The van der Waals surface area contributed by atoms with Crippen LogP contribution in [0.15, 0.2) is 30.9 Å². The zero-order valence-corrected chi connectivity index (χ0v) is 8.27. The van der Waals surface area contributed by atoms with Gasteiger partial charge in [-0.2, -0.15) is 11.8 Å². The largest absolute Gasteiger partial charge is 0.490 e. The minimum absolute atomic E-state index is 0.589. The highest BCUT2D eigenvalue weighted by Gasteiger charge is 2.10. The SMILES string of the molecule is C=CCOc1ccc2c(c1)CSC2. The van der Waals surface area contributed by atoms with Crippen molar-refractivity contribution in [1.29, 1.82) is 0 Å². The van der Waals surface area contributed by atoms with Crippen LogP contribution in [0, 0.1) is 0 Å². The van der Waals surface area contributed by atoms with E-state index in [9.17, 15) is 0 Å². The maximum absolute atomic E-state index is 5.45. The Morgan fingerprint density at radius 1 is 1.38 bits per heavy atom. The lowest BCUT2D eigenvalue weighted by molar-refractivity contribution is 0.363. The molecule has 1 heterocycles. The fourth-order valence-electron chi connectivity index (χ4n) is 1.39. The van der Waals surface area contributed by atoms with Gasteiger partial charge in [-0.05, 0) is 23.3 Å². The number of thioether (sulfide) groups is 1. The average molecular weight is 192 g/mol. The molecule has 68 valence electrons. The van der Waals surface area contributed by atoms with Crippen molar-refractivity contribution in [2.75, 3.05) is 6.61 Å². The van der Waals surface area contributed by atoms with Gasteiger partial charge in [-0.25, -0.2) is 0 Å². The molecule has 0 amide bonds. The van der Waals surface area contributed by atoms with Gasteiger partial charge in [-0.3, -0.25) is 0 Å². The minimum atomic E-state index is 0.589. The van der Waals surface area contributed by atoms with Crippen LogP contribution in [0.4, 0.5) is 0 Å². The molecule has 0 N–H and O–H groups in total. The molecule has 1 aromatic rings. The van der Waals surface area contributed by atoms with Gasteiger partial charge >= 0.3 is 0 Å². The predicted octanol–water partition coefficient (Wildman–Crippen LogP) is 3.00. The second-order valence-corrected chi connectivity index (χ2v) is 4.01. The van der Waals surface area contributed by atoms with Crippen molar-refractivity contribution >= 4 is 11.8 Å². The van der Waals surface area contributed by atoms with Gasteiger partial charge in [0.15, 0.2) is 0 Å². The highest BCUT2D eigenvalue weighted by atomic mass is 32.2. The summed E-state index contributed by atoms with van der Waals surface area (Å²) < 4.78 is 5.45. The molecule has 1 nitrogen and oxygen atoms in total. The van der Waals surface area contributed by atoms with Gasteiger partial charge in [0.1, 0.15) is 12.4 Å². The number of fused-ring (bicyclic) bond motifs is 1. The first-order valence-corrected chi connectivity index (χ1v) is 5.49. The number of benzene rings is 1. The molecule has 13 heavy (non-hydrogen) atoms. The summed E-state index contributed by atoms with van der Waals surface area (Å²) >= 11 is 1.96. The lowest BCUT2D eigenvalue weighted by Gasteiger charge is -2.04. The first-order valence-electron chi connectivity index (χ1n) is 4.33. The summed E-state index contributed by atoms with van der Waals surface area (Å²) in [5.74, 6) is 3.23. The average Bonchev–Trinajstić information content (AvgIpc) is 2.61. The molecule has 0 aliphatic carbocycles. The van der Waals surface area contributed by atoms with Crippen LogP contribution in [0.2, 0.25) is 0 Å². The van der Waals surface area contributed by atoms with Crippen LogP contribution in [0.5, 0.6) is 5.75 Å². The molecule has 0 unspecified atom stereocenters. The molecule has 2 rings (SSSR count). The molecule has 0 aromatic heterocycles. The van der Waals surface area contributed by atoms with Crippen molar-refractivity contribution < 1.29 is 4.74 Å². The quantitative estimate of drug-likeness (QED) is 0.681. The fourth-order valence-corrected chi connectivity index (χ4v) is 2.49. The topological polar surface area (TPSA) is 9.23 Å². The van der Waals surface area contributed by atoms with Crippen LogP contribution in [0.1, 0.15) is 11.1 Å². The highest BCUT2D eigenvalue weighted by Crippen LogP contribution is 2.32. The van der Waals surface area contributed by atoms with Gasteiger partial charge in [0, 0.05) is 11.5 Å². The third kappa shape index (κ3) is 1.89. The van der Waals surface area contributed by atoms with E-state index in [1.165, 1.54) is 11.1 Å². The van der Waals surface area contributed by atoms with Crippen LogP contribution in [-0.4, -0.2) is 6.61 Å². The molecule has 1 aliphatic rings. The summed E-state index contributed by atoms with van der Waals surface area (Å²) in [6, 6.07) is 6.33. The Balaban J connectivity index is 2.16.